The van der Waals surface area contributed by atoms with E-state index < -0.39 is 0 Å². The van der Waals surface area contributed by atoms with Crippen LogP contribution < -0.4 is 0 Å². The van der Waals surface area contributed by atoms with E-state index in [4.69, 9.17) is 4.74 Å². The van der Waals surface area contributed by atoms with Crippen LogP contribution in [0.15, 0.2) is 30.3 Å². The maximum absolute atomic E-state index is 13.1. The smallest absolute Gasteiger partial charge is 0.253 e. The first-order valence-electron chi connectivity index (χ1n) is 10.6. The number of piperidine rings is 2. The van der Waals surface area contributed by atoms with Crippen LogP contribution in [0.4, 0.5) is 0 Å². The molecule has 156 valence electrons. The van der Waals surface area contributed by atoms with Crippen LogP contribution in [0.3, 0.4) is 0 Å². The van der Waals surface area contributed by atoms with E-state index in [-0.39, 0.29) is 36.3 Å². The molecule has 3 aliphatic rings. The van der Waals surface area contributed by atoms with Crippen molar-refractivity contribution in [2.45, 2.75) is 31.7 Å². The highest BCUT2D eigenvalue weighted by molar-refractivity contribution is 5.94. The first kappa shape index (κ1) is 19.9. The Bertz CT molecular complexity index is 746. The van der Waals surface area contributed by atoms with Gasteiger partial charge in [0.1, 0.15) is 6.61 Å². The van der Waals surface area contributed by atoms with Crippen molar-refractivity contribution in [1.29, 1.82) is 0 Å². The molecule has 1 atom stereocenters. The normalized spacial score (nSPS) is 23.9. The molecule has 4 rings (SSSR count). The standard InChI is InChI=1S/C22H29N3O4/c26-20-16-29-14-13-25(20)19-8-11-23(12-9-19)22(28)18-7-4-10-24(15-18)21(27)17-5-2-1-3-6-17/h1-3,5-6,18-19H,4,7-16H2. The highest BCUT2D eigenvalue weighted by atomic mass is 16.5. The number of rotatable bonds is 3. The minimum Gasteiger partial charge on any atom is -0.370 e. The predicted octanol–water partition coefficient (Wildman–Crippen LogP) is 1.39. The number of morpholine rings is 1. The Balaban J connectivity index is 1.31. The average molecular weight is 399 g/mol. The van der Waals surface area contributed by atoms with Gasteiger partial charge in [-0.2, -0.15) is 0 Å². The Kier molecular flexibility index (Phi) is 6.13. The molecule has 0 N–H and O–H groups in total. The molecule has 0 aromatic heterocycles. The molecule has 1 aromatic rings. The molecular formula is C22H29N3O4. The van der Waals surface area contributed by atoms with E-state index in [2.05, 4.69) is 0 Å². The maximum atomic E-state index is 13.1. The molecule has 1 aromatic carbocycles. The lowest BCUT2D eigenvalue weighted by Crippen LogP contribution is -2.54. The Labute approximate surface area is 171 Å². The average Bonchev–Trinajstić information content (AvgIpc) is 2.79. The number of carbonyl (C=O) groups excluding carboxylic acids is 3. The summed E-state index contributed by atoms with van der Waals surface area (Å²) in [6.45, 7) is 3.98. The second-order valence-electron chi connectivity index (χ2n) is 8.15. The summed E-state index contributed by atoms with van der Waals surface area (Å²) in [5.41, 5.74) is 0.677. The third-order valence-corrected chi connectivity index (χ3v) is 6.32. The molecule has 3 saturated heterocycles. The van der Waals surface area contributed by atoms with Crippen molar-refractivity contribution < 1.29 is 19.1 Å². The molecule has 3 aliphatic heterocycles. The molecule has 29 heavy (non-hydrogen) atoms. The Morgan fingerprint density at radius 2 is 1.69 bits per heavy atom. The van der Waals surface area contributed by atoms with Crippen molar-refractivity contribution in [3.05, 3.63) is 35.9 Å². The number of nitrogens with zero attached hydrogens (tertiary/aromatic N) is 3. The summed E-state index contributed by atoms with van der Waals surface area (Å²) in [4.78, 5) is 43.6. The molecule has 3 amide bonds. The summed E-state index contributed by atoms with van der Waals surface area (Å²) >= 11 is 0. The molecule has 7 nitrogen and oxygen atoms in total. The first-order valence-corrected chi connectivity index (χ1v) is 10.6. The van der Waals surface area contributed by atoms with Crippen molar-refractivity contribution in [3.63, 3.8) is 0 Å². The van der Waals surface area contributed by atoms with Crippen LogP contribution in [-0.2, 0) is 14.3 Å². The Morgan fingerprint density at radius 1 is 0.931 bits per heavy atom. The molecule has 7 heteroatoms. The SMILES string of the molecule is O=C(c1ccccc1)N1CCCC(C(=O)N2CCC(N3CCOCC3=O)CC2)C1. The summed E-state index contributed by atoms with van der Waals surface area (Å²) in [5, 5.41) is 0. The van der Waals surface area contributed by atoms with Crippen molar-refractivity contribution >= 4 is 17.7 Å². The quantitative estimate of drug-likeness (QED) is 0.770. The monoisotopic (exact) mass is 399 g/mol. The van der Waals surface area contributed by atoms with Crippen LogP contribution in [0, 0.1) is 5.92 Å². The highest BCUT2D eigenvalue weighted by Gasteiger charge is 2.35. The number of carbonyl (C=O) groups is 3. The Hall–Kier alpha value is -2.41. The van der Waals surface area contributed by atoms with Crippen molar-refractivity contribution in [2.75, 3.05) is 45.9 Å². The van der Waals surface area contributed by atoms with E-state index >= 15 is 0 Å². The van der Waals surface area contributed by atoms with Crippen molar-refractivity contribution in [2.24, 2.45) is 5.92 Å². The van der Waals surface area contributed by atoms with Gasteiger partial charge in [-0.05, 0) is 37.8 Å². The molecule has 0 saturated carbocycles. The summed E-state index contributed by atoms with van der Waals surface area (Å²) in [7, 11) is 0. The van der Waals surface area contributed by atoms with Gasteiger partial charge < -0.3 is 19.4 Å². The minimum absolute atomic E-state index is 0.00707. The van der Waals surface area contributed by atoms with Gasteiger partial charge in [0, 0.05) is 44.3 Å². The topological polar surface area (TPSA) is 70.2 Å². The van der Waals surface area contributed by atoms with Crippen LogP contribution in [0.2, 0.25) is 0 Å². The Morgan fingerprint density at radius 3 is 2.41 bits per heavy atom. The van der Waals surface area contributed by atoms with Gasteiger partial charge in [-0.1, -0.05) is 18.2 Å². The molecule has 0 bridgehead atoms. The van der Waals surface area contributed by atoms with Gasteiger partial charge >= 0.3 is 0 Å². The zero-order chi connectivity index (χ0) is 20.2. The minimum atomic E-state index is -0.127. The zero-order valence-corrected chi connectivity index (χ0v) is 16.8. The molecular weight excluding hydrogens is 370 g/mol. The van der Waals surface area contributed by atoms with E-state index in [9.17, 15) is 14.4 Å². The van der Waals surface area contributed by atoms with E-state index in [0.29, 0.717) is 44.9 Å². The van der Waals surface area contributed by atoms with Gasteiger partial charge in [0.05, 0.1) is 12.5 Å². The second-order valence-corrected chi connectivity index (χ2v) is 8.15. The lowest BCUT2D eigenvalue weighted by Gasteiger charge is -2.41. The first-order chi connectivity index (χ1) is 14.1. The van der Waals surface area contributed by atoms with Gasteiger partial charge in [-0.15, -0.1) is 0 Å². The zero-order valence-electron chi connectivity index (χ0n) is 16.8. The fourth-order valence-corrected chi connectivity index (χ4v) is 4.70. The van der Waals surface area contributed by atoms with Crippen molar-refractivity contribution in [3.8, 4) is 0 Å². The predicted molar refractivity (Wildman–Crippen MR) is 107 cm³/mol. The van der Waals surface area contributed by atoms with Crippen LogP contribution in [-0.4, -0.2) is 84.4 Å². The fraction of sp³-hybridized carbons (Fsp3) is 0.591. The van der Waals surface area contributed by atoms with Crippen LogP contribution in [0.5, 0.6) is 0 Å². The lowest BCUT2D eigenvalue weighted by atomic mass is 9.94. The van der Waals surface area contributed by atoms with Gasteiger partial charge in [0.2, 0.25) is 11.8 Å². The number of benzene rings is 1. The molecule has 0 radical (unpaired) electrons. The highest BCUT2D eigenvalue weighted by Crippen LogP contribution is 2.24. The summed E-state index contributed by atoms with van der Waals surface area (Å²) < 4.78 is 5.21. The molecule has 0 aliphatic carbocycles. The lowest BCUT2D eigenvalue weighted by molar-refractivity contribution is -0.148. The number of hydrogen-bond acceptors (Lipinski definition) is 4. The van der Waals surface area contributed by atoms with E-state index in [1.165, 1.54) is 0 Å². The molecule has 0 spiro atoms. The van der Waals surface area contributed by atoms with Crippen LogP contribution in [0.25, 0.3) is 0 Å². The third kappa shape index (κ3) is 4.45. The molecule has 1 unspecified atom stereocenters. The van der Waals surface area contributed by atoms with E-state index in [1.807, 2.05) is 45.0 Å². The van der Waals surface area contributed by atoms with Gasteiger partial charge in [-0.25, -0.2) is 0 Å². The number of hydrogen-bond donors (Lipinski definition) is 0. The van der Waals surface area contributed by atoms with E-state index in [0.717, 1.165) is 25.7 Å². The van der Waals surface area contributed by atoms with Gasteiger partial charge in [0.25, 0.3) is 5.91 Å². The van der Waals surface area contributed by atoms with E-state index in [1.54, 1.807) is 0 Å². The number of likely N-dealkylation sites (tertiary alicyclic amines) is 2. The number of amides is 3. The fourth-order valence-electron chi connectivity index (χ4n) is 4.70. The summed E-state index contributed by atoms with van der Waals surface area (Å²) in [5.74, 6) is 0.0938. The summed E-state index contributed by atoms with van der Waals surface area (Å²) in [6, 6.07) is 9.48. The number of ether oxygens (including phenoxy) is 1. The van der Waals surface area contributed by atoms with Gasteiger partial charge in [-0.3, -0.25) is 14.4 Å². The van der Waals surface area contributed by atoms with Crippen molar-refractivity contribution in [1.82, 2.24) is 14.7 Å². The van der Waals surface area contributed by atoms with Crippen LogP contribution in [0.1, 0.15) is 36.0 Å². The van der Waals surface area contributed by atoms with Crippen LogP contribution >= 0.6 is 0 Å². The second kappa shape index (κ2) is 8.95. The maximum Gasteiger partial charge on any atom is 0.253 e. The summed E-state index contributed by atoms with van der Waals surface area (Å²) in [6.07, 6.45) is 3.32. The largest absolute Gasteiger partial charge is 0.370 e. The molecule has 3 heterocycles. The van der Waals surface area contributed by atoms with Gasteiger partial charge in [0.15, 0.2) is 0 Å². The third-order valence-electron chi connectivity index (χ3n) is 6.32. The molecule has 3 fully saturated rings.